The van der Waals surface area contributed by atoms with E-state index >= 15 is 0 Å². The lowest BCUT2D eigenvalue weighted by molar-refractivity contribution is 0.414. The first kappa shape index (κ1) is 19.5. The number of hydrogen-bond donors (Lipinski definition) is 1. The Hall–Kier alpha value is -2.86. The number of aromatic nitrogens is 2. The molecule has 2 atom stereocenters. The Morgan fingerprint density at radius 1 is 1.14 bits per heavy atom. The van der Waals surface area contributed by atoms with Gasteiger partial charge in [0.05, 0.1) is 30.6 Å². The monoisotopic (exact) mass is 406 g/mol. The minimum absolute atomic E-state index is 0.0276. The van der Waals surface area contributed by atoms with E-state index in [1.54, 1.807) is 7.11 Å². The van der Waals surface area contributed by atoms with Gasteiger partial charge in [0.25, 0.3) is 0 Å². The highest BCUT2D eigenvalue weighted by molar-refractivity contribution is 7.80. The molecule has 1 aliphatic heterocycles. The normalized spacial score (nSPS) is 18.8. The fraction of sp³-hybridized carbons (Fsp3) is 0.304. The highest BCUT2D eigenvalue weighted by Gasteiger charge is 2.43. The summed E-state index contributed by atoms with van der Waals surface area (Å²) in [5.74, 6) is 0.799. The lowest BCUT2D eigenvalue weighted by atomic mass is 9.96. The third-order valence-corrected chi connectivity index (χ3v) is 6.01. The fourth-order valence-electron chi connectivity index (χ4n) is 4.37. The highest BCUT2D eigenvalue weighted by Crippen LogP contribution is 2.45. The van der Waals surface area contributed by atoms with Crippen LogP contribution in [0.3, 0.4) is 0 Å². The number of nitrogens with zero attached hydrogens (tertiary/aromatic N) is 3. The molecule has 4 rings (SSSR count). The predicted molar refractivity (Wildman–Crippen MR) is 121 cm³/mol. The zero-order chi connectivity index (χ0) is 20.5. The van der Waals surface area contributed by atoms with Gasteiger partial charge in [0, 0.05) is 24.1 Å². The van der Waals surface area contributed by atoms with Crippen molar-refractivity contribution in [2.75, 3.05) is 12.0 Å². The summed E-state index contributed by atoms with van der Waals surface area (Å²) in [4.78, 5) is 6.81. The Kier molecular flexibility index (Phi) is 5.28. The minimum atomic E-state index is -0.0561. The van der Waals surface area contributed by atoms with Crippen molar-refractivity contribution in [3.8, 4) is 5.75 Å². The van der Waals surface area contributed by atoms with Gasteiger partial charge >= 0.3 is 0 Å². The molecule has 2 aromatic heterocycles. The van der Waals surface area contributed by atoms with E-state index < -0.39 is 0 Å². The van der Waals surface area contributed by atoms with Gasteiger partial charge in [0.2, 0.25) is 0 Å². The smallest absolute Gasteiger partial charge is 0.174 e. The quantitative estimate of drug-likeness (QED) is 0.622. The number of anilines is 1. The summed E-state index contributed by atoms with van der Waals surface area (Å²) in [6, 6.07) is 16.2. The molecule has 1 aromatic carbocycles. The largest absolute Gasteiger partial charge is 0.495 e. The maximum atomic E-state index is 5.82. The molecular formula is C23H26N4OS. The summed E-state index contributed by atoms with van der Waals surface area (Å²) in [7, 11) is 1.69. The maximum absolute atomic E-state index is 5.82. The van der Waals surface area contributed by atoms with Crippen molar-refractivity contribution in [3.05, 3.63) is 77.4 Å². The Labute approximate surface area is 177 Å². The Bertz CT molecular complexity index is 1030. The first-order valence-corrected chi connectivity index (χ1v) is 10.3. The first-order chi connectivity index (χ1) is 14.1. The maximum Gasteiger partial charge on any atom is 0.174 e. The minimum Gasteiger partial charge on any atom is -0.495 e. The summed E-state index contributed by atoms with van der Waals surface area (Å²) >= 11 is 5.82. The standard InChI is InChI=1S/C23H26N4OS/c1-5-26-15(2)14-17(16(26)3)22-21(18-10-8-9-13-24-18)25-23(29)27(22)19-11-6-7-12-20(19)28-4/h6-14,21-22H,5H2,1-4H3,(H,25,29). The van der Waals surface area contributed by atoms with Gasteiger partial charge in [-0.15, -0.1) is 0 Å². The van der Waals surface area contributed by atoms with E-state index in [2.05, 4.69) is 58.7 Å². The van der Waals surface area contributed by atoms with Crippen molar-refractivity contribution >= 4 is 23.0 Å². The van der Waals surface area contributed by atoms with E-state index in [0.717, 1.165) is 23.7 Å². The molecule has 0 spiro atoms. The third-order valence-electron chi connectivity index (χ3n) is 5.69. The van der Waals surface area contributed by atoms with Crippen molar-refractivity contribution in [1.82, 2.24) is 14.9 Å². The summed E-state index contributed by atoms with van der Waals surface area (Å²) in [6.45, 7) is 7.45. The lowest BCUT2D eigenvalue weighted by Gasteiger charge is -2.29. The van der Waals surface area contributed by atoms with Crippen LogP contribution in [0.25, 0.3) is 0 Å². The van der Waals surface area contributed by atoms with Crippen LogP contribution >= 0.6 is 12.2 Å². The van der Waals surface area contributed by atoms with Crippen LogP contribution in [0.15, 0.2) is 54.7 Å². The molecule has 1 saturated heterocycles. The molecule has 0 aliphatic carbocycles. The predicted octanol–water partition coefficient (Wildman–Crippen LogP) is 4.71. The number of para-hydroxylation sites is 2. The third kappa shape index (κ3) is 3.27. The molecule has 0 amide bonds. The van der Waals surface area contributed by atoms with Gasteiger partial charge in [-0.2, -0.15) is 0 Å². The second kappa shape index (κ2) is 7.87. The number of rotatable bonds is 5. The van der Waals surface area contributed by atoms with Crippen molar-refractivity contribution in [2.24, 2.45) is 0 Å². The number of hydrogen-bond acceptors (Lipinski definition) is 3. The van der Waals surface area contributed by atoms with Crippen molar-refractivity contribution in [1.29, 1.82) is 0 Å². The molecule has 3 heterocycles. The Morgan fingerprint density at radius 2 is 1.90 bits per heavy atom. The number of benzene rings is 1. The number of pyridine rings is 1. The summed E-state index contributed by atoms with van der Waals surface area (Å²) < 4.78 is 8.00. The van der Waals surface area contributed by atoms with Crippen LogP contribution in [0.4, 0.5) is 5.69 Å². The van der Waals surface area contributed by atoms with Gasteiger partial charge in [0.15, 0.2) is 5.11 Å². The Morgan fingerprint density at radius 3 is 2.55 bits per heavy atom. The van der Waals surface area contributed by atoms with Gasteiger partial charge in [-0.3, -0.25) is 4.98 Å². The molecule has 1 aliphatic rings. The first-order valence-electron chi connectivity index (χ1n) is 9.87. The molecule has 5 nitrogen and oxygen atoms in total. The van der Waals surface area contributed by atoms with Gasteiger partial charge < -0.3 is 19.5 Å². The number of ether oxygens (including phenoxy) is 1. The average Bonchev–Trinajstić information content (AvgIpc) is 3.23. The van der Waals surface area contributed by atoms with Gasteiger partial charge in [-0.1, -0.05) is 18.2 Å². The summed E-state index contributed by atoms with van der Waals surface area (Å²) in [6.07, 6.45) is 1.83. The van der Waals surface area contributed by atoms with E-state index in [-0.39, 0.29) is 12.1 Å². The van der Waals surface area contributed by atoms with Crippen LogP contribution in [0.5, 0.6) is 5.75 Å². The Balaban J connectivity index is 1.91. The molecule has 0 radical (unpaired) electrons. The SMILES string of the molecule is CCn1c(C)cc(C2C(c3ccccn3)NC(=S)N2c2ccccc2OC)c1C. The van der Waals surface area contributed by atoms with Crippen LogP contribution in [0.2, 0.25) is 0 Å². The second-order valence-corrected chi connectivity index (χ2v) is 7.63. The topological polar surface area (TPSA) is 42.3 Å². The van der Waals surface area contributed by atoms with Gasteiger partial charge in [-0.25, -0.2) is 0 Å². The summed E-state index contributed by atoms with van der Waals surface area (Å²) in [5.41, 5.74) is 5.67. The number of methoxy groups -OCH3 is 1. The van der Waals surface area contributed by atoms with E-state index in [4.69, 9.17) is 17.0 Å². The van der Waals surface area contributed by atoms with Crippen LogP contribution in [0.1, 0.15) is 41.7 Å². The molecule has 2 unspecified atom stereocenters. The van der Waals surface area contributed by atoms with Crippen molar-refractivity contribution in [3.63, 3.8) is 0 Å². The van der Waals surface area contributed by atoms with E-state index in [1.165, 1.54) is 17.0 Å². The molecule has 29 heavy (non-hydrogen) atoms. The van der Waals surface area contributed by atoms with E-state index in [1.807, 2.05) is 36.5 Å². The molecule has 0 bridgehead atoms. The molecule has 150 valence electrons. The second-order valence-electron chi connectivity index (χ2n) is 7.24. The molecule has 0 saturated carbocycles. The zero-order valence-electron chi connectivity index (χ0n) is 17.2. The lowest BCUT2D eigenvalue weighted by Crippen LogP contribution is -2.30. The van der Waals surface area contributed by atoms with Crippen LogP contribution in [-0.4, -0.2) is 21.8 Å². The van der Waals surface area contributed by atoms with Gasteiger partial charge in [0.1, 0.15) is 5.75 Å². The zero-order valence-corrected chi connectivity index (χ0v) is 18.0. The van der Waals surface area contributed by atoms with E-state index in [0.29, 0.717) is 5.11 Å². The number of aryl methyl sites for hydroxylation is 1. The number of thiocarbonyl (C=S) groups is 1. The average molecular weight is 407 g/mol. The molecule has 3 aromatic rings. The molecule has 1 fully saturated rings. The number of nitrogens with one attached hydrogen (secondary N) is 1. The molecule has 1 N–H and O–H groups in total. The van der Waals surface area contributed by atoms with Crippen LogP contribution < -0.4 is 15.0 Å². The van der Waals surface area contributed by atoms with E-state index in [9.17, 15) is 0 Å². The van der Waals surface area contributed by atoms with Gasteiger partial charge in [-0.05, 0) is 68.9 Å². The van der Waals surface area contributed by atoms with Crippen molar-refractivity contribution in [2.45, 2.75) is 39.4 Å². The van der Waals surface area contributed by atoms with Crippen LogP contribution in [-0.2, 0) is 6.54 Å². The van der Waals surface area contributed by atoms with Crippen molar-refractivity contribution < 1.29 is 4.74 Å². The fourth-order valence-corrected chi connectivity index (χ4v) is 4.71. The molecular weight excluding hydrogens is 380 g/mol. The highest BCUT2D eigenvalue weighted by atomic mass is 32.1. The molecule has 6 heteroatoms. The van der Waals surface area contributed by atoms with Crippen LogP contribution in [0, 0.1) is 13.8 Å². The summed E-state index contributed by atoms with van der Waals surface area (Å²) in [5, 5.41) is 4.20.